The Morgan fingerprint density at radius 1 is 1.04 bits per heavy atom. The van der Waals surface area contributed by atoms with Gasteiger partial charge in [-0.3, -0.25) is 10.1 Å². The normalized spacial score (nSPS) is 11.6. The van der Waals surface area contributed by atoms with E-state index in [4.69, 9.17) is 0 Å². The number of rotatable bonds is 4. The molecule has 0 radical (unpaired) electrons. The fourth-order valence-corrected chi connectivity index (χ4v) is 2.51. The number of hydrogen-bond donors (Lipinski definition) is 1. The molecule has 1 amide bonds. The standard InChI is InChI=1S/C19H17F3N4O/c1-12(2)26-11-15(13-7-4-3-5-8-13)24-18(26)25-17(27)14-9-6-10-16(23-14)19(20,21)22/h3-12H,1-2H3,(H,24,25,27). The highest BCUT2D eigenvalue weighted by Gasteiger charge is 2.33. The van der Waals surface area contributed by atoms with Crippen LogP contribution >= 0.6 is 0 Å². The minimum Gasteiger partial charge on any atom is -0.314 e. The third kappa shape index (κ3) is 4.16. The van der Waals surface area contributed by atoms with Gasteiger partial charge in [0.1, 0.15) is 11.4 Å². The minimum absolute atomic E-state index is 0.0141. The number of amides is 1. The van der Waals surface area contributed by atoms with E-state index in [0.29, 0.717) is 5.69 Å². The van der Waals surface area contributed by atoms with E-state index in [1.165, 1.54) is 6.07 Å². The average molecular weight is 374 g/mol. The highest BCUT2D eigenvalue weighted by Crippen LogP contribution is 2.28. The van der Waals surface area contributed by atoms with E-state index in [2.05, 4.69) is 15.3 Å². The number of carbonyl (C=O) groups excluding carboxylic acids is 1. The maximum atomic E-state index is 12.8. The van der Waals surface area contributed by atoms with Gasteiger partial charge in [-0.15, -0.1) is 0 Å². The topological polar surface area (TPSA) is 59.8 Å². The van der Waals surface area contributed by atoms with Crippen molar-refractivity contribution >= 4 is 11.9 Å². The zero-order valence-corrected chi connectivity index (χ0v) is 14.7. The van der Waals surface area contributed by atoms with Crippen LogP contribution in [0.15, 0.2) is 54.7 Å². The van der Waals surface area contributed by atoms with Gasteiger partial charge in [0.15, 0.2) is 0 Å². The lowest BCUT2D eigenvalue weighted by Crippen LogP contribution is -2.19. The molecule has 3 aromatic rings. The zero-order chi connectivity index (χ0) is 19.6. The van der Waals surface area contributed by atoms with Crippen LogP contribution in [-0.2, 0) is 6.18 Å². The number of aromatic nitrogens is 3. The van der Waals surface area contributed by atoms with Gasteiger partial charge in [0.25, 0.3) is 5.91 Å². The van der Waals surface area contributed by atoms with Gasteiger partial charge in [-0.2, -0.15) is 13.2 Å². The van der Waals surface area contributed by atoms with Crippen molar-refractivity contribution < 1.29 is 18.0 Å². The van der Waals surface area contributed by atoms with Gasteiger partial charge in [0, 0.05) is 17.8 Å². The van der Waals surface area contributed by atoms with Crippen LogP contribution in [0.5, 0.6) is 0 Å². The number of imidazole rings is 1. The molecule has 0 aliphatic heterocycles. The summed E-state index contributed by atoms with van der Waals surface area (Å²) < 4.78 is 40.2. The van der Waals surface area contributed by atoms with E-state index in [-0.39, 0.29) is 17.7 Å². The Bertz CT molecular complexity index is 949. The third-order valence-corrected chi connectivity index (χ3v) is 3.86. The zero-order valence-electron chi connectivity index (χ0n) is 14.7. The first kappa shape index (κ1) is 18.6. The van der Waals surface area contributed by atoms with Crippen molar-refractivity contribution in [3.63, 3.8) is 0 Å². The first-order chi connectivity index (χ1) is 12.8. The molecular weight excluding hydrogens is 357 g/mol. The molecule has 0 saturated carbocycles. The largest absolute Gasteiger partial charge is 0.433 e. The van der Waals surface area contributed by atoms with Crippen molar-refractivity contribution in [2.45, 2.75) is 26.1 Å². The molecule has 8 heteroatoms. The molecule has 0 atom stereocenters. The number of nitrogens with one attached hydrogen (secondary N) is 1. The van der Waals surface area contributed by atoms with Crippen LogP contribution < -0.4 is 5.32 Å². The number of alkyl halides is 3. The van der Waals surface area contributed by atoms with Gasteiger partial charge >= 0.3 is 6.18 Å². The maximum absolute atomic E-state index is 12.8. The van der Waals surface area contributed by atoms with Gasteiger partial charge in [-0.1, -0.05) is 36.4 Å². The summed E-state index contributed by atoms with van der Waals surface area (Å²) in [6, 6.07) is 12.6. The number of halogens is 3. The summed E-state index contributed by atoms with van der Waals surface area (Å²) >= 11 is 0. The molecule has 140 valence electrons. The summed E-state index contributed by atoms with van der Waals surface area (Å²) in [6.07, 6.45) is -2.83. The van der Waals surface area contributed by atoms with E-state index >= 15 is 0 Å². The number of anilines is 1. The van der Waals surface area contributed by atoms with Crippen molar-refractivity contribution in [3.05, 3.63) is 66.1 Å². The highest BCUT2D eigenvalue weighted by molar-refractivity contribution is 6.02. The Morgan fingerprint density at radius 3 is 2.37 bits per heavy atom. The van der Waals surface area contributed by atoms with Crippen molar-refractivity contribution in [1.29, 1.82) is 0 Å². The van der Waals surface area contributed by atoms with E-state index in [1.807, 2.05) is 44.2 Å². The molecule has 0 saturated heterocycles. The Hall–Kier alpha value is -3.16. The fourth-order valence-electron chi connectivity index (χ4n) is 2.51. The molecule has 1 N–H and O–H groups in total. The molecule has 27 heavy (non-hydrogen) atoms. The molecule has 5 nitrogen and oxygen atoms in total. The summed E-state index contributed by atoms with van der Waals surface area (Å²) in [7, 11) is 0. The molecule has 0 bridgehead atoms. The molecule has 0 fully saturated rings. The molecule has 1 aromatic carbocycles. The molecule has 3 rings (SSSR count). The third-order valence-electron chi connectivity index (χ3n) is 3.86. The lowest BCUT2D eigenvalue weighted by molar-refractivity contribution is -0.141. The lowest BCUT2D eigenvalue weighted by Gasteiger charge is -2.12. The van der Waals surface area contributed by atoms with Crippen LogP contribution in [-0.4, -0.2) is 20.4 Å². The first-order valence-electron chi connectivity index (χ1n) is 8.25. The van der Waals surface area contributed by atoms with E-state index in [9.17, 15) is 18.0 Å². The molecule has 0 unspecified atom stereocenters. The SMILES string of the molecule is CC(C)n1cc(-c2ccccc2)nc1NC(=O)c1cccc(C(F)(F)F)n1. The predicted molar refractivity (Wildman–Crippen MR) is 95.2 cm³/mol. The van der Waals surface area contributed by atoms with E-state index in [1.54, 1.807) is 10.8 Å². The summed E-state index contributed by atoms with van der Waals surface area (Å²) in [5.41, 5.74) is 0.0675. The number of carbonyl (C=O) groups is 1. The van der Waals surface area contributed by atoms with Gasteiger partial charge < -0.3 is 4.57 Å². The van der Waals surface area contributed by atoms with E-state index in [0.717, 1.165) is 17.7 Å². The number of hydrogen-bond acceptors (Lipinski definition) is 3. The molecule has 0 aliphatic carbocycles. The van der Waals surface area contributed by atoms with E-state index < -0.39 is 17.8 Å². The van der Waals surface area contributed by atoms with Gasteiger partial charge in [-0.25, -0.2) is 9.97 Å². The Labute approximate surface area is 153 Å². The van der Waals surface area contributed by atoms with Crippen LogP contribution in [0.25, 0.3) is 11.3 Å². The summed E-state index contributed by atoms with van der Waals surface area (Å²) in [5.74, 6) is -0.513. The summed E-state index contributed by atoms with van der Waals surface area (Å²) in [4.78, 5) is 20.2. The maximum Gasteiger partial charge on any atom is 0.433 e. The fraction of sp³-hybridized carbons (Fsp3) is 0.211. The number of benzene rings is 1. The van der Waals surface area contributed by atoms with Crippen molar-refractivity contribution in [1.82, 2.24) is 14.5 Å². The predicted octanol–water partition coefficient (Wildman–Crippen LogP) is 4.80. The second kappa shape index (κ2) is 7.22. The molecule has 2 aromatic heterocycles. The molecular formula is C19H17F3N4O. The van der Waals surface area contributed by atoms with Gasteiger partial charge in [0.05, 0.1) is 5.69 Å². The quantitative estimate of drug-likeness (QED) is 0.714. The smallest absolute Gasteiger partial charge is 0.314 e. The second-order valence-corrected chi connectivity index (χ2v) is 6.18. The van der Waals surface area contributed by atoms with Crippen LogP contribution in [0, 0.1) is 0 Å². The van der Waals surface area contributed by atoms with Crippen molar-refractivity contribution in [3.8, 4) is 11.3 Å². The Morgan fingerprint density at radius 2 is 1.74 bits per heavy atom. The highest BCUT2D eigenvalue weighted by atomic mass is 19.4. The lowest BCUT2D eigenvalue weighted by atomic mass is 10.2. The van der Waals surface area contributed by atoms with Crippen molar-refractivity contribution in [2.75, 3.05) is 5.32 Å². The van der Waals surface area contributed by atoms with Gasteiger partial charge in [-0.05, 0) is 26.0 Å². The van der Waals surface area contributed by atoms with Crippen LogP contribution in [0.4, 0.5) is 19.1 Å². The Kier molecular flexibility index (Phi) is 4.98. The molecule has 0 aliphatic rings. The second-order valence-electron chi connectivity index (χ2n) is 6.18. The Balaban J connectivity index is 1.91. The molecule has 0 spiro atoms. The number of pyridine rings is 1. The summed E-state index contributed by atoms with van der Waals surface area (Å²) in [6.45, 7) is 3.82. The monoisotopic (exact) mass is 374 g/mol. The first-order valence-corrected chi connectivity index (χ1v) is 8.25. The average Bonchev–Trinajstić information content (AvgIpc) is 3.06. The van der Waals surface area contributed by atoms with Crippen LogP contribution in [0.2, 0.25) is 0 Å². The number of nitrogens with zero attached hydrogens (tertiary/aromatic N) is 3. The summed E-state index contributed by atoms with van der Waals surface area (Å²) in [5, 5.41) is 2.56. The molecule has 2 heterocycles. The van der Waals surface area contributed by atoms with Crippen LogP contribution in [0.3, 0.4) is 0 Å². The minimum atomic E-state index is -4.62. The van der Waals surface area contributed by atoms with Crippen LogP contribution in [0.1, 0.15) is 36.1 Å². The van der Waals surface area contributed by atoms with Gasteiger partial charge in [0.2, 0.25) is 5.95 Å². The van der Waals surface area contributed by atoms with Crippen molar-refractivity contribution in [2.24, 2.45) is 0 Å².